The zero-order valence-electron chi connectivity index (χ0n) is 9.90. The number of aromatic nitrogens is 2. The van der Waals surface area contributed by atoms with Gasteiger partial charge < -0.3 is 10.5 Å². The van der Waals surface area contributed by atoms with E-state index in [0.29, 0.717) is 0 Å². The number of nitrogens with zero attached hydrogens (tertiary/aromatic N) is 2. The SMILES string of the molecule is COc1nccnc1C(N)c1cc(F)c(Cl)cc1F. The minimum atomic E-state index is -1.00. The van der Waals surface area contributed by atoms with E-state index in [0.717, 1.165) is 12.1 Å². The van der Waals surface area contributed by atoms with Crippen molar-refractivity contribution in [2.75, 3.05) is 7.11 Å². The molecule has 19 heavy (non-hydrogen) atoms. The largest absolute Gasteiger partial charge is 0.480 e. The Morgan fingerprint density at radius 1 is 1.21 bits per heavy atom. The van der Waals surface area contributed by atoms with Gasteiger partial charge in [0, 0.05) is 18.0 Å². The highest BCUT2D eigenvalue weighted by molar-refractivity contribution is 6.30. The smallest absolute Gasteiger partial charge is 0.237 e. The maximum Gasteiger partial charge on any atom is 0.237 e. The summed E-state index contributed by atoms with van der Waals surface area (Å²) in [7, 11) is 1.39. The molecule has 0 spiro atoms. The van der Waals surface area contributed by atoms with E-state index >= 15 is 0 Å². The average molecular weight is 286 g/mol. The molecular weight excluding hydrogens is 276 g/mol. The summed E-state index contributed by atoms with van der Waals surface area (Å²) in [6, 6.07) is 0.807. The maximum absolute atomic E-state index is 13.8. The summed E-state index contributed by atoms with van der Waals surface area (Å²) in [6.45, 7) is 0. The molecule has 1 heterocycles. The quantitative estimate of drug-likeness (QED) is 0.880. The topological polar surface area (TPSA) is 61.0 Å². The lowest BCUT2D eigenvalue weighted by Crippen LogP contribution is -2.17. The predicted molar refractivity (Wildman–Crippen MR) is 66.0 cm³/mol. The van der Waals surface area contributed by atoms with Gasteiger partial charge in [0.1, 0.15) is 17.3 Å². The first kappa shape index (κ1) is 13.6. The molecule has 0 saturated heterocycles. The molecule has 0 saturated carbocycles. The molecule has 1 aromatic heterocycles. The molecule has 4 nitrogen and oxygen atoms in total. The summed E-state index contributed by atoms with van der Waals surface area (Å²) in [5.74, 6) is -1.31. The summed E-state index contributed by atoms with van der Waals surface area (Å²) in [6.07, 6.45) is 2.80. The van der Waals surface area contributed by atoms with Gasteiger partial charge >= 0.3 is 0 Å². The highest BCUT2D eigenvalue weighted by Crippen LogP contribution is 2.28. The van der Waals surface area contributed by atoms with Crippen LogP contribution in [0.1, 0.15) is 17.3 Å². The van der Waals surface area contributed by atoms with E-state index in [1.165, 1.54) is 19.5 Å². The Hall–Kier alpha value is -1.79. The maximum atomic E-state index is 13.8. The van der Waals surface area contributed by atoms with Crippen molar-refractivity contribution in [3.63, 3.8) is 0 Å². The van der Waals surface area contributed by atoms with Crippen LogP contribution in [-0.2, 0) is 0 Å². The van der Waals surface area contributed by atoms with Crippen LogP contribution in [0.25, 0.3) is 0 Å². The van der Waals surface area contributed by atoms with E-state index in [1.54, 1.807) is 0 Å². The number of ether oxygens (including phenoxy) is 1. The molecule has 1 aromatic carbocycles. The van der Waals surface area contributed by atoms with Crippen LogP contribution in [0.4, 0.5) is 8.78 Å². The van der Waals surface area contributed by atoms with Crippen LogP contribution in [0.15, 0.2) is 24.5 Å². The van der Waals surface area contributed by atoms with Crippen molar-refractivity contribution in [1.29, 1.82) is 0 Å². The van der Waals surface area contributed by atoms with Crippen molar-refractivity contribution in [1.82, 2.24) is 9.97 Å². The Balaban J connectivity index is 2.50. The normalized spacial score (nSPS) is 12.3. The van der Waals surface area contributed by atoms with Crippen molar-refractivity contribution in [3.05, 3.63) is 52.4 Å². The van der Waals surface area contributed by atoms with Crippen molar-refractivity contribution in [2.24, 2.45) is 5.73 Å². The Morgan fingerprint density at radius 2 is 1.89 bits per heavy atom. The van der Waals surface area contributed by atoms with Crippen LogP contribution < -0.4 is 10.5 Å². The number of hydrogen-bond donors (Lipinski definition) is 1. The van der Waals surface area contributed by atoms with E-state index < -0.39 is 17.7 Å². The third-order valence-corrected chi connectivity index (χ3v) is 2.84. The fraction of sp³-hybridized carbons (Fsp3) is 0.167. The Bertz CT molecular complexity index is 610. The molecule has 2 rings (SSSR count). The standard InChI is InChI=1S/C12H10ClF2N3O/c1-19-12-11(17-2-3-18-12)10(16)6-4-9(15)7(13)5-8(6)14/h2-5,10H,16H2,1H3. The fourth-order valence-corrected chi connectivity index (χ4v) is 1.78. The van der Waals surface area contributed by atoms with Gasteiger partial charge in [0.2, 0.25) is 5.88 Å². The lowest BCUT2D eigenvalue weighted by molar-refractivity contribution is 0.386. The molecule has 0 aliphatic rings. The van der Waals surface area contributed by atoms with E-state index in [-0.39, 0.29) is 22.2 Å². The van der Waals surface area contributed by atoms with Crippen molar-refractivity contribution < 1.29 is 13.5 Å². The molecule has 0 bridgehead atoms. The van der Waals surface area contributed by atoms with Gasteiger partial charge in [-0.05, 0) is 12.1 Å². The lowest BCUT2D eigenvalue weighted by atomic mass is 10.0. The van der Waals surface area contributed by atoms with E-state index in [2.05, 4.69) is 9.97 Å². The summed E-state index contributed by atoms with van der Waals surface area (Å²) >= 11 is 5.49. The average Bonchev–Trinajstić information content (AvgIpc) is 2.42. The molecule has 2 aromatic rings. The number of hydrogen-bond acceptors (Lipinski definition) is 4. The molecule has 7 heteroatoms. The van der Waals surface area contributed by atoms with Crippen LogP contribution in [-0.4, -0.2) is 17.1 Å². The highest BCUT2D eigenvalue weighted by Gasteiger charge is 2.21. The second-order valence-electron chi connectivity index (χ2n) is 3.72. The van der Waals surface area contributed by atoms with Gasteiger partial charge in [-0.2, -0.15) is 0 Å². The molecule has 2 N–H and O–H groups in total. The van der Waals surface area contributed by atoms with Crippen LogP contribution >= 0.6 is 11.6 Å². The number of benzene rings is 1. The second-order valence-corrected chi connectivity index (χ2v) is 4.12. The van der Waals surface area contributed by atoms with Gasteiger partial charge in [-0.1, -0.05) is 11.6 Å². The molecule has 0 fully saturated rings. The third kappa shape index (κ3) is 2.64. The van der Waals surface area contributed by atoms with Crippen molar-refractivity contribution in [3.8, 4) is 5.88 Å². The zero-order chi connectivity index (χ0) is 14.0. The third-order valence-electron chi connectivity index (χ3n) is 2.55. The van der Waals surface area contributed by atoms with Gasteiger partial charge in [-0.15, -0.1) is 0 Å². The number of methoxy groups -OCH3 is 1. The van der Waals surface area contributed by atoms with Crippen LogP contribution in [0.5, 0.6) is 5.88 Å². The molecule has 0 radical (unpaired) electrons. The first-order valence-electron chi connectivity index (χ1n) is 5.29. The molecule has 100 valence electrons. The fourth-order valence-electron chi connectivity index (χ4n) is 1.63. The van der Waals surface area contributed by atoms with Gasteiger partial charge in [-0.25, -0.2) is 13.8 Å². The molecule has 1 unspecified atom stereocenters. The van der Waals surface area contributed by atoms with Gasteiger partial charge in [-0.3, -0.25) is 4.98 Å². The van der Waals surface area contributed by atoms with Gasteiger partial charge in [0.05, 0.1) is 18.2 Å². The van der Waals surface area contributed by atoms with Crippen LogP contribution in [0, 0.1) is 11.6 Å². The number of halogens is 3. The monoisotopic (exact) mass is 285 g/mol. The summed E-state index contributed by atoms with van der Waals surface area (Å²) < 4.78 is 32.2. The first-order chi connectivity index (χ1) is 9.04. The summed E-state index contributed by atoms with van der Waals surface area (Å²) in [5, 5.41) is -0.306. The second kappa shape index (κ2) is 5.46. The first-order valence-corrected chi connectivity index (χ1v) is 5.67. The van der Waals surface area contributed by atoms with E-state index in [9.17, 15) is 8.78 Å². The van der Waals surface area contributed by atoms with Crippen molar-refractivity contribution in [2.45, 2.75) is 6.04 Å². The minimum absolute atomic E-state index is 0.0688. The van der Waals surface area contributed by atoms with Crippen molar-refractivity contribution >= 4 is 11.6 Å². The van der Waals surface area contributed by atoms with E-state index in [1.807, 2.05) is 0 Å². The molecular formula is C12H10ClF2N3O. The Labute approximate surface area is 113 Å². The Kier molecular flexibility index (Phi) is 3.92. The van der Waals surface area contributed by atoms with Crippen LogP contribution in [0.3, 0.4) is 0 Å². The molecule has 1 atom stereocenters. The van der Waals surface area contributed by atoms with Gasteiger partial charge in [0.15, 0.2) is 0 Å². The van der Waals surface area contributed by atoms with Crippen LogP contribution in [0.2, 0.25) is 5.02 Å². The molecule has 0 aliphatic carbocycles. The Morgan fingerprint density at radius 3 is 2.58 bits per heavy atom. The molecule has 0 amide bonds. The van der Waals surface area contributed by atoms with E-state index in [4.69, 9.17) is 22.1 Å². The summed E-state index contributed by atoms with van der Waals surface area (Å²) in [4.78, 5) is 7.89. The summed E-state index contributed by atoms with van der Waals surface area (Å²) in [5.41, 5.74) is 6.02. The number of nitrogens with two attached hydrogens (primary N) is 1. The molecule has 0 aliphatic heterocycles. The van der Waals surface area contributed by atoms with Gasteiger partial charge in [0.25, 0.3) is 0 Å². The lowest BCUT2D eigenvalue weighted by Gasteiger charge is -2.15. The predicted octanol–water partition coefficient (Wildman–Crippen LogP) is 2.46. The minimum Gasteiger partial charge on any atom is -0.480 e. The highest BCUT2D eigenvalue weighted by atomic mass is 35.5. The zero-order valence-corrected chi connectivity index (χ0v) is 10.7. The number of rotatable bonds is 3.